The lowest BCUT2D eigenvalue weighted by Crippen LogP contribution is -2.48. The van der Waals surface area contributed by atoms with Crippen molar-refractivity contribution in [3.8, 4) is 0 Å². The van der Waals surface area contributed by atoms with Gasteiger partial charge in [-0.15, -0.1) is 0 Å². The highest BCUT2D eigenvalue weighted by molar-refractivity contribution is 5.95. The second kappa shape index (κ2) is 5.36. The zero-order chi connectivity index (χ0) is 11.3. The van der Waals surface area contributed by atoms with Crippen LogP contribution in [0.2, 0.25) is 0 Å². The van der Waals surface area contributed by atoms with Crippen LogP contribution >= 0.6 is 0 Å². The molecule has 0 fully saturated rings. The van der Waals surface area contributed by atoms with Crippen LogP contribution in [0, 0.1) is 5.92 Å². The predicted octanol–water partition coefficient (Wildman–Crippen LogP) is 0.446. The van der Waals surface area contributed by atoms with E-state index in [2.05, 4.69) is 5.32 Å². The smallest absolute Gasteiger partial charge is 0.322 e. The van der Waals surface area contributed by atoms with Crippen molar-refractivity contribution in [2.24, 2.45) is 5.92 Å². The summed E-state index contributed by atoms with van der Waals surface area (Å²) in [6.45, 7) is 6.27. The monoisotopic (exact) mass is 200 g/mol. The van der Waals surface area contributed by atoms with Gasteiger partial charge in [0, 0.05) is 6.92 Å². The Morgan fingerprint density at radius 2 is 1.57 bits per heavy atom. The number of carbonyl (C=O) groups is 3. The molecule has 0 heterocycles. The number of hydrogen-bond acceptors (Lipinski definition) is 3. The van der Waals surface area contributed by atoms with Crippen molar-refractivity contribution in [1.29, 1.82) is 0 Å². The van der Waals surface area contributed by atoms with Crippen LogP contribution in [0.1, 0.15) is 27.7 Å². The molecule has 0 aliphatic heterocycles. The Morgan fingerprint density at radius 1 is 1.07 bits per heavy atom. The number of amides is 3. The van der Waals surface area contributed by atoms with E-state index in [-0.39, 0.29) is 11.7 Å². The Morgan fingerprint density at radius 3 is 1.86 bits per heavy atom. The number of rotatable bonds is 3. The van der Waals surface area contributed by atoms with E-state index in [1.54, 1.807) is 0 Å². The molecule has 0 rings (SSSR count). The SMILES string of the molecule is CC(=O)NC(=O)NC(C(C)=O)C(C)C. The highest BCUT2D eigenvalue weighted by atomic mass is 16.2. The normalized spacial score (nSPS) is 12.1. The van der Waals surface area contributed by atoms with Gasteiger partial charge in [-0.1, -0.05) is 13.8 Å². The van der Waals surface area contributed by atoms with Crippen molar-refractivity contribution in [2.45, 2.75) is 33.7 Å². The molecule has 0 aromatic carbocycles. The molecule has 0 aliphatic carbocycles. The summed E-state index contributed by atoms with van der Waals surface area (Å²) in [6.07, 6.45) is 0. The van der Waals surface area contributed by atoms with Gasteiger partial charge in [0.25, 0.3) is 0 Å². The maximum absolute atomic E-state index is 11.1. The third-order valence-corrected chi connectivity index (χ3v) is 1.68. The van der Waals surface area contributed by atoms with Gasteiger partial charge >= 0.3 is 6.03 Å². The molecule has 0 bridgehead atoms. The molecule has 3 amide bonds. The molecule has 0 aromatic rings. The molecular weight excluding hydrogens is 184 g/mol. The standard InChI is InChI=1S/C9H16N2O3/c1-5(2)8(6(3)12)11-9(14)10-7(4)13/h5,8H,1-4H3,(H2,10,11,13,14). The summed E-state index contributed by atoms with van der Waals surface area (Å²) in [7, 11) is 0. The first-order chi connectivity index (χ1) is 6.34. The van der Waals surface area contributed by atoms with Crippen molar-refractivity contribution in [1.82, 2.24) is 10.6 Å². The van der Waals surface area contributed by atoms with E-state index in [0.29, 0.717) is 0 Å². The molecule has 0 aromatic heterocycles. The number of urea groups is 1. The summed E-state index contributed by atoms with van der Waals surface area (Å²) in [4.78, 5) is 32.7. The summed E-state index contributed by atoms with van der Waals surface area (Å²) >= 11 is 0. The van der Waals surface area contributed by atoms with Crippen molar-refractivity contribution in [3.05, 3.63) is 0 Å². The van der Waals surface area contributed by atoms with E-state index >= 15 is 0 Å². The number of carbonyl (C=O) groups excluding carboxylic acids is 3. The van der Waals surface area contributed by atoms with Crippen molar-refractivity contribution in [2.75, 3.05) is 0 Å². The fourth-order valence-electron chi connectivity index (χ4n) is 1.07. The van der Waals surface area contributed by atoms with Crippen LogP contribution in [0.4, 0.5) is 4.79 Å². The van der Waals surface area contributed by atoms with Crippen LogP contribution in [0.5, 0.6) is 0 Å². The van der Waals surface area contributed by atoms with Gasteiger partial charge in [0.2, 0.25) is 5.91 Å². The minimum atomic E-state index is -0.633. The molecule has 0 saturated heterocycles. The largest absolute Gasteiger partial charge is 0.328 e. The van der Waals surface area contributed by atoms with Crippen LogP contribution in [-0.4, -0.2) is 23.8 Å². The fraction of sp³-hybridized carbons (Fsp3) is 0.667. The Bertz CT molecular complexity index is 248. The Hall–Kier alpha value is -1.39. The highest BCUT2D eigenvalue weighted by Crippen LogP contribution is 2.02. The van der Waals surface area contributed by atoms with E-state index in [4.69, 9.17) is 0 Å². The molecule has 5 nitrogen and oxygen atoms in total. The summed E-state index contributed by atoms with van der Waals surface area (Å²) in [5.41, 5.74) is 0. The van der Waals surface area contributed by atoms with Crippen molar-refractivity contribution in [3.63, 3.8) is 0 Å². The topological polar surface area (TPSA) is 75.3 Å². The highest BCUT2D eigenvalue weighted by Gasteiger charge is 2.20. The second-order valence-corrected chi connectivity index (χ2v) is 3.49. The molecule has 2 N–H and O–H groups in total. The van der Waals surface area contributed by atoms with Crippen LogP contribution in [-0.2, 0) is 9.59 Å². The van der Waals surface area contributed by atoms with Gasteiger partial charge in [-0.05, 0) is 12.8 Å². The lowest BCUT2D eigenvalue weighted by atomic mass is 10.0. The molecule has 5 heteroatoms. The molecule has 80 valence electrons. The van der Waals surface area contributed by atoms with Crippen LogP contribution in [0.25, 0.3) is 0 Å². The Labute approximate surface area is 83.2 Å². The molecular formula is C9H16N2O3. The molecule has 0 aliphatic rings. The number of imide groups is 1. The van der Waals surface area contributed by atoms with Crippen molar-refractivity contribution >= 4 is 17.7 Å². The molecule has 14 heavy (non-hydrogen) atoms. The van der Waals surface area contributed by atoms with Crippen molar-refractivity contribution < 1.29 is 14.4 Å². The van der Waals surface area contributed by atoms with Gasteiger partial charge in [0.1, 0.15) is 0 Å². The van der Waals surface area contributed by atoms with Gasteiger partial charge in [0.05, 0.1) is 6.04 Å². The average molecular weight is 200 g/mol. The molecule has 1 atom stereocenters. The first-order valence-corrected chi connectivity index (χ1v) is 4.43. The molecule has 0 radical (unpaired) electrons. The van der Waals surface area contributed by atoms with Crippen LogP contribution in [0.3, 0.4) is 0 Å². The van der Waals surface area contributed by atoms with Gasteiger partial charge < -0.3 is 5.32 Å². The zero-order valence-corrected chi connectivity index (χ0v) is 8.88. The first kappa shape index (κ1) is 12.6. The summed E-state index contributed by atoms with van der Waals surface area (Å²) in [6, 6.07) is -1.18. The zero-order valence-electron chi connectivity index (χ0n) is 8.88. The minimum Gasteiger partial charge on any atom is -0.328 e. The maximum Gasteiger partial charge on any atom is 0.322 e. The number of nitrogens with one attached hydrogen (secondary N) is 2. The maximum atomic E-state index is 11.1. The number of ketones is 1. The Balaban J connectivity index is 4.24. The number of Topliss-reactive ketones (excluding diaryl/α,β-unsaturated/α-hetero) is 1. The summed E-state index contributed by atoms with van der Waals surface area (Å²) < 4.78 is 0. The fourth-order valence-corrected chi connectivity index (χ4v) is 1.07. The van der Waals surface area contributed by atoms with Crippen LogP contribution in [0.15, 0.2) is 0 Å². The number of hydrogen-bond donors (Lipinski definition) is 2. The predicted molar refractivity (Wildman–Crippen MR) is 51.7 cm³/mol. The third-order valence-electron chi connectivity index (χ3n) is 1.68. The molecule has 0 saturated carbocycles. The quantitative estimate of drug-likeness (QED) is 0.694. The van der Waals surface area contributed by atoms with Crippen LogP contribution < -0.4 is 10.6 Å². The van der Waals surface area contributed by atoms with Gasteiger partial charge in [-0.3, -0.25) is 14.9 Å². The van der Waals surface area contributed by atoms with Gasteiger partial charge in [0.15, 0.2) is 5.78 Å². The van der Waals surface area contributed by atoms with Gasteiger partial charge in [-0.2, -0.15) is 0 Å². The van der Waals surface area contributed by atoms with E-state index in [9.17, 15) is 14.4 Å². The lowest BCUT2D eigenvalue weighted by Gasteiger charge is -2.18. The second-order valence-electron chi connectivity index (χ2n) is 3.49. The van der Waals surface area contributed by atoms with E-state index in [0.717, 1.165) is 0 Å². The summed E-state index contributed by atoms with van der Waals surface area (Å²) in [5, 5.41) is 4.47. The van der Waals surface area contributed by atoms with E-state index in [1.807, 2.05) is 19.2 Å². The molecule has 0 spiro atoms. The van der Waals surface area contributed by atoms with E-state index < -0.39 is 18.0 Å². The molecule has 1 unspecified atom stereocenters. The summed E-state index contributed by atoms with van der Waals surface area (Å²) in [5.74, 6) is -0.572. The van der Waals surface area contributed by atoms with E-state index in [1.165, 1.54) is 13.8 Å². The average Bonchev–Trinajstić information content (AvgIpc) is 1.97. The third kappa shape index (κ3) is 4.59. The minimum absolute atomic E-state index is 0.00482. The Kier molecular flexibility index (Phi) is 4.83. The first-order valence-electron chi connectivity index (χ1n) is 4.43. The lowest BCUT2D eigenvalue weighted by molar-refractivity contribution is -0.120. The van der Waals surface area contributed by atoms with Gasteiger partial charge in [-0.25, -0.2) is 4.79 Å².